The van der Waals surface area contributed by atoms with Crippen molar-refractivity contribution < 1.29 is 9.59 Å². The van der Waals surface area contributed by atoms with Gasteiger partial charge in [0.05, 0.1) is 9.75 Å². The summed E-state index contributed by atoms with van der Waals surface area (Å²) in [6.07, 6.45) is 1.60. The van der Waals surface area contributed by atoms with Crippen molar-refractivity contribution in [3.05, 3.63) is 46.3 Å². The molecule has 0 aromatic carbocycles. The van der Waals surface area contributed by atoms with Gasteiger partial charge >= 0.3 is 0 Å². The molecule has 0 atom stereocenters. The molecule has 0 aliphatic rings. The van der Waals surface area contributed by atoms with E-state index >= 15 is 0 Å². The highest BCUT2D eigenvalue weighted by Crippen LogP contribution is 2.18. The quantitative estimate of drug-likeness (QED) is 0.847. The lowest BCUT2D eigenvalue weighted by atomic mass is 10.3. The number of hydrogen-bond donors (Lipinski definition) is 1. The molecule has 0 fully saturated rings. The first-order chi connectivity index (χ1) is 8.16. The molecule has 0 spiro atoms. The Morgan fingerprint density at radius 2 is 1.94 bits per heavy atom. The molecular formula is C12H10N2O2S. The summed E-state index contributed by atoms with van der Waals surface area (Å²) in [6.45, 7) is 1.48. The van der Waals surface area contributed by atoms with Crippen LogP contribution in [0.3, 0.4) is 0 Å². The minimum Gasteiger partial charge on any atom is -0.306 e. The van der Waals surface area contributed by atoms with Crippen molar-refractivity contribution in [3.63, 3.8) is 0 Å². The lowest BCUT2D eigenvalue weighted by Crippen LogP contribution is -2.10. The molecule has 17 heavy (non-hydrogen) atoms. The summed E-state index contributed by atoms with van der Waals surface area (Å²) >= 11 is 1.18. The Bertz CT molecular complexity index is 549. The summed E-state index contributed by atoms with van der Waals surface area (Å²) in [5, 5.41) is 2.66. The van der Waals surface area contributed by atoms with Crippen molar-refractivity contribution in [2.45, 2.75) is 6.92 Å². The Morgan fingerprint density at radius 3 is 2.53 bits per heavy atom. The third-order valence-corrected chi connectivity index (χ3v) is 3.27. The van der Waals surface area contributed by atoms with E-state index in [9.17, 15) is 9.59 Å². The van der Waals surface area contributed by atoms with E-state index < -0.39 is 0 Å². The minimum atomic E-state index is -0.249. The van der Waals surface area contributed by atoms with Crippen LogP contribution in [0.4, 0.5) is 5.82 Å². The summed E-state index contributed by atoms with van der Waals surface area (Å²) in [5.74, 6) is 0.211. The normalized spacial score (nSPS) is 9.94. The first-order valence-corrected chi connectivity index (χ1v) is 5.81. The maximum Gasteiger partial charge on any atom is 0.266 e. The van der Waals surface area contributed by atoms with E-state index in [2.05, 4.69) is 10.3 Å². The van der Waals surface area contributed by atoms with E-state index in [1.54, 1.807) is 36.5 Å². The molecule has 1 N–H and O–H groups in total. The van der Waals surface area contributed by atoms with Crippen molar-refractivity contribution in [1.29, 1.82) is 0 Å². The summed E-state index contributed by atoms with van der Waals surface area (Å²) in [4.78, 5) is 28.0. The van der Waals surface area contributed by atoms with Gasteiger partial charge in [0.2, 0.25) is 0 Å². The van der Waals surface area contributed by atoms with E-state index in [4.69, 9.17) is 0 Å². The second-order valence-electron chi connectivity index (χ2n) is 3.39. The largest absolute Gasteiger partial charge is 0.306 e. The second-order valence-corrected chi connectivity index (χ2v) is 4.47. The van der Waals surface area contributed by atoms with E-state index in [0.717, 1.165) is 0 Å². The third-order valence-electron chi connectivity index (χ3n) is 2.08. The van der Waals surface area contributed by atoms with Crippen molar-refractivity contribution in [3.8, 4) is 0 Å². The molecule has 1 amide bonds. The van der Waals surface area contributed by atoms with Crippen LogP contribution in [0.1, 0.15) is 26.3 Å². The molecule has 86 valence electrons. The van der Waals surface area contributed by atoms with Gasteiger partial charge in [-0.3, -0.25) is 9.59 Å². The summed E-state index contributed by atoms with van der Waals surface area (Å²) in [6, 6.07) is 8.56. The van der Waals surface area contributed by atoms with E-state index in [1.165, 1.54) is 18.3 Å². The van der Waals surface area contributed by atoms with Crippen LogP contribution in [-0.4, -0.2) is 16.7 Å². The van der Waals surface area contributed by atoms with Gasteiger partial charge in [-0.1, -0.05) is 6.07 Å². The maximum absolute atomic E-state index is 11.8. The summed E-state index contributed by atoms with van der Waals surface area (Å²) < 4.78 is 0. The van der Waals surface area contributed by atoms with Gasteiger partial charge < -0.3 is 5.32 Å². The van der Waals surface area contributed by atoms with Crippen LogP contribution in [0.5, 0.6) is 0 Å². The molecule has 0 aliphatic carbocycles. The van der Waals surface area contributed by atoms with Crippen LogP contribution in [0, 0.1) is 0 Å². The first-order valence-electron chi connectivity index (χ1n) is 5.00. The number of carbonyl (C=O) groups is 2. The number of carbonyl (C=O) groups excluding carboxylic acids is 2. The molecule has 2 aromatic heterocycles. The zero-order chi connectivity index (χ0) is 12.3. The van der Waals surface area contributed by atoms with Gasteiger partial charge in [0.15, 0.2) is 5.78 Å². The number of aromatic nitrogens is 1. The highest BCUT2D eigenvalue weighted by molar-refractivity contribution is 7.16. The number of thiophene rings is 1. The van der Waals surface area contributed by atoms with E-state index in [1.807, 2.05) is 0 Å². The monoisotopic (exact) mass is 246 g/mol. The van der Waals surface area contributed by atoms with Crippen LogP contribution in [0.25, 0.3) is 0 Å². The molecule has 0 unspecified atom stereocenters. The fourth-order valence-electron chi connectivity index (χ4n) is 1.26. The number of ketones is 1. The highest BCUT2D eigenvalue weighted by atomic mass is 32.1. The zero-order valence-corrected chi connectivity index (χ0v) is 9.95. The molecule has 0 saturated heterocycles. The van der Waals surface area contributed by atoms with Gasteiger partial charge in [0.25, 0.3) is 5.91 Å². The van der Waals surface area contributed by atoms with Gasteiger partial charge in [0.1, 0.15) is 5.82 Å². The predicted molar refractivity (Wildman–Crippen MR) is 66.5 cm³/mol. The number of anilines is 1. The van der Waals surface area contributed by atoms with Crippen molar-refractivity contribution in [1.82, 2.24) is 4.98 Å². The number of nitrogens with zero attached hydrogens (tertiary/aromatic N) is 1. The van der Waals surface area contributed by atoms with Crippen LogP contribution in [0.15, 0.2) is 36.5 Å². The average molecular weight is 246 g/mol. The molecule has 2 rings (SSSR count). The van der Waals surface area contributed by atoms with Gasteiger partial charge in [0, 0.05) is 6.20 Å². The number of nitrogens with one attached hydrogen (secondary N) is 1. The lowest BCUT2D eigenvalue weighted by Gasteiger charge is -2.00. The van der Waals surface area contributed by atoms with Gasteiger partial charge in [-0.05, 0) is 31.2 Å². The molecule has 0 radical (unpaired) electrons. The molecule has 5 heteroatoms. The molecule has 0 saturated carbocycles. The molecule has 4 nitrogen and oxygen atoms in total. The average Bonchev–Trinajstić information content (AvgIpc) is 2.79. The van der Waals surface area contributed by atoms with Crippen LogP contribution in [-0.2, 0) is 0 Å². The van der Waals surface area contributed by atoms with E-state index in [0.29, 0.717) is 15.6 Å². The number of Topliss-reactive ketones (excluding diaryl/α,β-unsaturated/α-hetero) is 1. The van der Waals surface area contributed by atoms with E-state index in [-0.39, 0.29) is 11.7 Å². The van der Waals surface area contributed by atoms with Crippen molar-refractivity contribution >= 4 is 28.8 Å². The lowest BCUT2D eigenvalue weighted by molar-refractivity contribution is 0.101. The summed E-state index contributed by atoms with van der Waals surface area (Å²) in [7, 11) is 0. The Labute approximate surface area is 102 Å². The first kappa shape index (κ1) is 11.5. The van der Waals surface area contributed by atoms with Crippen LogP contribution in [0.2, 0.25) is 0 Å². The Balaban J connectivity index is 2.12. The fraction of sp³-hybridized carbons (Fsp3) is 0.0833. The number of hydrogen-bond acceptors (Lipinski definition) is 4. The number of pyridine rings is 1. The van der Waals surface area contributed by atoms with Crippen LogP contribution < -0.4 is 5.32 Å². The highest BCUT2D eigenvalue weighted by Gasteiger charge is 2.11. The number of amides is 1. The standard InChI is InChI=1S/C12H10N2O2S/c1-8(15)9-5-6-10(17-9)12(16)14-11-4-2-3-7-13-11/h2-7H,1H3,(H,13,14,16). The smallest absolute Gasteiger partial charge is 0.266 e. The molecule has 0 aliphatic heterocycles. The topological polar surface area (TPSA) is 59.1 Å². The Morgan fingerprint density at radius 1 is 1.18 bits per heavy atom. The van der Waals surface area contributed by atoms with Crippen LogP contribution >= 0.6 is 11.3 Å². The van der Waals surface area contributed by atoms with Crippen molar-refractivity contribution in [2.75, 3.05) is 5.32 Å². The third kappa shape index (κ3) is 2.76. The second kappa shape index (κ2) is 4.88. The zero-order valence-electron chi connectivity index (χ0n) is 9.14. The van der Waals surface area contributed by atoms with Crippen molar-refractivity contribution in [2.24, 2.45) is 0 Å². The molecule has 2 aromatic rings. The molecular weight excluding hydrogens is 236 g/mol. The number of rotatable bonds is 3. The van der Waals surface area contributed by atoms with Gasteiger partial charge in [-0.25, -0.2) is 4.98 Å². The Hall–Kier alpha value is -2.01. The summed E-state index contributed by atoms with van der Waals surface area (Å²) in [5.41, 5.74) is 0. The van der Waals surface area contributed by atoms with Gasteiger partial charge in [-0.2, -0.15) is 0 Å². The molecule has 0 bridgehead atoms. The minimum absolute atomic E-state index is 0.0353. The SMILES string of the molecule is CC(=O)c1ccc(C(=O)Nc2ccccn2)s1. The fourth-order valence-corrected chi connectivity index (χ4v) is 2.06. The molecule has 2 heterocycles. The predicted octanol–water partition coefficient (Wildman–Crippen LogP) is 2.60. The van der Waals surface area contributed by atoms with Gasteiger partial charge in [-0.15, -0.1) is 11.3 Å². The Kier molecular flexibility index (Phi) is 3.30. The maximum atomic E-state index is 11.8.